The first-order valence-electron chi connectivity index (χ1n) is 9.33. The zero-order valence-corrected chi connectivity index (χ0v) is 17.0. The third-order valence-corrected chi connectivity index (χ3v) is 4.81. The fourth-order valence-corrected chi connectivity index (χ4v) is 2.93. The fourth-order valence-electron chi connectivity index (χ4n) is 2.66. The minimum Gasteiger partial charge on any atom is -0.395 e. The van der Waals surface area contributed by atoms with E-state index in [0.717, 1.165) is 31.0 Å². The number of carbonyl (C=O) groups excluding carboxylic acids is 1. The molecule has 1 aliphatic rings. The number of hydrogen-bond acceptors (Lipinski definition) is 4. The van der Waals surface area contributed by atoms with Gasteiger partial charge in [-0.05, 0) is 37.0 Å². The first kappa shape index (κ1) is 23.8. The summed E-state index contributed by atoms with van der Waals surface area (Å²) in [6.07, 6.45) is -7.01. The molecule has 0 unspecified atom stereocenters. The average Bonchev–Trinajstić information content (AvgIpc) is 3.53. The maximum absolute atomic E-state index is 13.2. The lowest BCUT2D eigenvalue weighted by Gasteiger charge is -2.14. The van der Waals surface area contributed by atoms with E-state index in [1.54, 1.807) is 0 Å². The predicted octanol–water partition coefficient (Wildman–Crippen LogP) is 5.33. The van der Waals surface area contributed by atoms with Crippen molar-refractivity contribution in [2.24, 2.45) is 11.1 Å². The van der Waals surface area contributed by atoms with Crippen LogP contribution in [0.15, 0.2) is 41.7 Å². The Morgan fingerprint density at radius 3 is 2.44 bits per heavy atom. The molecule has 0 spiro atoms. The molecular weight excluding hydrogens is 464 g/mol. The van der Waals surface area contributed by atoms with E-state index in [-0.39, 0.29) is 18.0 Å². The highest BCUT2D eigenvalue weighted by Crippen LogP contribution is 2.33. The van der Waals surface area contributed by atoms with E-state index in [2.05, 4.69) is 15.5 Å². The molecule has 2 aromatic rings. The monoisotopic (exact) mass is 479 g/mol. The first-order valence-corrected chi connectivity index (χ1v) is 9.71. The summed E-state index contributed by atoms with van der Waals surface area (Å²) >= 11 is 5.94. The van der Waals surface area contributed by atoms with Crippen LogP contribution in [0.3, 0.4) is 0 Å². The normalized spacial score (nSPS) is 14.9. The molecule has 0 atom stereocenters. The molecule has 0 radical (unpaired) electrons. The molecule has 1 aromatic heterocycles. The minimum atomic E-state index is -4.75. The number of nitrogens with one attached hydrogen (secondary N) is 1. The van der Waals surface area contributed by atoms with Gasteiger partial charge in [0.2, 0.25) is 0 Å². The molecule has 1 aromatic carbocycles. The summed E-state index contributed by atoms with van der Waals surface area (Å²) in [7, 11) is 0. The maximum atomic E-state index is 13.2. The van der Waals surface area contributed by atoms with E-state index < -0.39 is 46.5 Å². The van der Waals surface area contributed by atoms with Crippen molar-refractivity contribution in [1.82, 2.24) is 10.3 Å². The minimum absolute atomic E-state index is 0.137. The van der Waals surface area contributed by atoms with Gasteiger partial charge in [0.15, 0.2) is 0 Å². The molecule has 32 heavy (non-hydrogen) atoms. The summed E-state index contributed by atoms with van der Waals surface area (Å²) in [5, 5.41) is 5.68. The molecule has 1 N–H and O–H groups in total. The molecule has 0 aliphatic heterocycles. The summed E-state index contributed by atoms with van der Waals surface area (Å²) in [6.45, 7) is -0.236. The van der Waals surface area contributed by atoms with Crippen molar-refractivity contribution in [3.63, 3.8) is 0 Å². The Balaban J connectivity index is 1.82. The van der Waals surface area contributed by atoms with Crippen molar-refractivity contribution < 1.29 is 36.0 Å². The molecule has 1 saturated carbocycles. The highest BCUT2D eigenvalue weighted by molar-refractivity contribution is 6.34. The van der Waals surface area contributed by atoms with Crippen molar-refractivity contribution in [3.05, 3.63) is 63.9 Å². The van der Waals surface area contributed by atoms with Crippen LogP contribution in [0.2, 0.25) is 5.02 Å². The van der Waals surface area contributed by atoms with Crippen LogP contribution in [0.4, 0.5) is 26.3 Å². The van der Waals surface area contributed by atoms with Crippen LogP contribution in [-0.4, -0.2) is 29.8 Å². The number of benzene rings is 1. The lowest BCUT2D eigenvalue weighted by molar-refractivity contribution is -0.138. The van der Waals surface area contributed by atoms with Gasteiger partial charge < -0.3 is 10.2 Å². The molecule has 3 rings (SSSR count). The number of carbonyl (C=O) groups is 1. The standard InChI is InChI=1S/C20H16ClF6N3O2/c21-15-7-12(19(22,23)24)8-28-17(15)16(30-32-10-11-5-6-11)9-29-18(31)13-3-1-2-4-14(13)20(25,26)27/h1-4,7-8,11H,5-6,9-10H2,(H,29,31)/b30-16+. The van der Waals surface area contributed by atoms with Crippen LogP contribution in [-0.2, 0) is 17.2 Å². The SMILES string of the molecule is O=C(NC/C(=N\OCC1CC1)c1ncc(C(F)(F)F)cc1Cl)c1ccccc1C(F)(F)F. The molecule has 5 nitrogen and oxygen atoms in total. The molecule has 172 valence electrons. The maximum Gasteiger partial charge on any atom is 0.417 e. The highest BCUT2D eigenvalue weighted by Gasteiger charge is 2.35. The van der Waals surface area contributed by atoms with Crippen molar-refractivity contribution >= 4 is 23.2 Å². The van der Waals surface area contributed by atoms with Crippen LogP contribution >= 0.6 is 11.6 Å². The van der Waals surface area contributed by atoms with Gasteiger partial charge in [-0.15, -0.1) is 0 Å². The summed E-state index contributed by atoms with van der Waals surface area (Å²) < 4.78 is 78.1. The van der Waals surface area contributed by atoms with E-state index in [9.17, 15) is 31.1 Å². The highest BCUT2D eigenvalue weighted by atomic mass is 35.5. The Morgan fingerprint density at radius 1 is 1.16 bits per heavy atom. The van der Waals surface area contributed by atoms with Crippen molar-refractivity contribution in [2.75, 3.05) is 13.2 Å². The number of rotatable bonds is 7. The van der Waals surface area contributed by atoms with Crippen molar-refractivity contribution in [3.8, 4) is 0 Å². The summed E-state index contributed by atoms with van der Waals surface area (Å²) in [4.78, 5) is 21.3. The number of halogens is 7. The molecule has 12 heteroatoms. The lowest BCUT2D eigenvalue weighted by atomic mass is 10.1. The number of alkyl halides is 6. The predicted molar refractivity (Wildman–Crippen MR) is 103 cm³/mol. The number of aromatic nitrogens is 1. The third kappa shape index (κ3) is 6.12. The van der Waals surface area contributed by atoms with Crippen LogP contribution in [0.1, 0.15) is 40.0 Å². The quantitative estimate of drug-likeness (QED) is 0.331. The first-order chi connectivity index (χ1) is 15.0. The van der Waals surface area contributed by atoms with Gasteiger partial charge in [-0.2, -0.15) is 26.3 Å². The summed E-state index contributed by atoms with van der Waals surface area (Å²) in [6, 6.07) is 4.82. The van der Waals surface area contributed by atoms with E-state index in [0.29, 0.717) is 18.2 Å². The van der Waals surface area contributed by atoms with Crippen LogP contribution in [0.25, 0.3) is 0 Å². The number of nitrogens with zero attached hydrogens (tertiary/aromatic N) is 2. The van der Waals surface area contributed by atoms with Crippen LogP contribution < -0.4 is 5.32 Å². The second-order valence-corrected chi connectivity index (χ2v) is 7.46. The zero-order valence-electron chi connectivity index (χ0n) is 16.2. The Kier molecular flexibility index (Phi) is 6.97. The summed E-state index contributed by atoms with van der Waals surface area (Å²) in [5.74, 6) is -0.764. The molecule has 0 bridgehead atoms. The Bertz CT molecular complexity index is 1020. The van der Waals surface area contributed by atoms with Gasteiger partial charge >= 0.3 is 12.4 Å². The van der Waals surface area contributed by atoms with Gasteiger partial charge in [-0.25, -0.2) is 0 Å². The Labute approximate surface area is 183 Å². The lowest BCUT2D eigenvalue weighted by Crippen LogP contribution is -2.32. The fraction of sp³-hybridized carbons (Fsp3) is 0.350. The number of pyridine rings is 1. The van der Waals surface area contributed by atoms with Crippen LogP contribution in [0.5, 0.6) is 0 Å². The number of oxime groups is 1. The van der Waals surface area contributed by atoms with Gasteiger partial charge in [0.1, 0.15) is 18.0 Å². The van der Waals surface area contributed by atoms with Gasteiger partial charge in [0, 0.05) is 6.20 Å². The van der Waals surface area contributed by atoms with E-state index >= 15 is 0 Å². The van der Waals surface area contributed by atoms with E-state index in [1.807, 2.05) is 0 Å². The Morgan fingerprint density at radius 2 is 1.84 bits per heavy atom. The topological polar surface area (TPSA) is 63.6 Å². The third-order valence-electron chi connectivity index (χ3n) is 4.52. The Hall–Kier alpha value is -2.82. The second-order valence-electron chi connectivity index (χ2n) is 7.06. The largest absolute Gasteiger partial charge is 0.417 e. The van der Waals surface area contributed by atoms with Crippen molar-refractivity contribution in [2.45, 2.75) is 25.2 Å². The molecule has 0 saturated heterocycles. The van der Waals surface area contributed by atoms with Gasteiger partial charge in [-0.3, -0.25) is 9.78 Å². The molecule has 1 fully saturated rings. The van der Waals surface area contributed by atoms with E-state index in [4.69, 9.17) is 16.4 Å². The van der Waals surface area contributed by atoms with Gasteiger partial charge in [0.25, 0.3) is 5.91 Å². The number of amides is 1. The molecule has 1 amide bonds. The average molecular weight is 480 g/mol. The number of hydrogen-bond donors (Lipinski definition) is 1. The van der Waals surface area contributed by atoms with Crippen LogP contribution in [0, 0.1) is 5.92 Å². The molecule has 1 heterocycles. The molecule has 1 aliphatic carbocycles. The molecular formula is C20H16ClF6N3O2. The van der Waals surface area contributed by atoms with Gasteiger partial charge in [-0.1, -0.05) is 28.9 Å². The van der Waals surface area contributed by atoms with E-state index in [1.165, 1.54) is 6.07 Å². The zero-order chi connectivity index (χ0) is 23.5. The summed E-state index contributed by atoms with van der Waals surface area (Å²) in [5.41, 5.74) is -3.17. The van der Waals surface area contributed by atoms with Gasteiger partial charge in [0.05, 0.1) is 28.3 Å². The van der Waals surface area contributed by atoms with Crippen molar-refractivity contribution in [1.29, 1.82) is 0 Å². The smallest absolute Gasteiger partial charge is 0.395 e. The second kappa shape index (κ2) is 9.35.